The SMILES string of the molecule is Fc1ccc(-c2ccccc2S)cc1Br. The highest BCUT2D eigenvalue weighted by molar-refractivity contribution is 9.10. The van der Waals surface area contributed by atoms with Gasteiger partial charge in [-0.2, -0.15) is 0 Å². The molecule has 0 nitrogen and oxygen atoms in total. The van der Waals surface area contributed by atoms with Crippen LogP contribution in [0.3, 0.4) is 0 Å². The van der Waals surface area contributed by atoms with Crippen molar-refractivity contribution in [3.8, 4) is 11.1 Å². The van der Waals surface area contributed by atoms with E-state index in [0.29, 0.717) is 4.47 Å². The predicted molar refractivity (Wildman–Crippen MR) is 66.8 cm³/mol. The second kappa shape index (κ2) is 4.37. The molecule has 0 atom stereocenters. The van der Waals surface area contributed by atoms with Gasteiger partial charge in [-0.05, 0) is 45.3 Å². The van der Waals surface area contributed by atoms with Crippen molar-refractivity contribution in [1.82, 2.24) is 0 Å². The number of hydrogen-bond acceptors (Lipinski definition) is 1. The fourth-order valence-corrected chi connectivity index (χ4v) is 2.05. The normalized spacial score (nSPS) is 10.3. The molecule has 0 fully saturated rings. The number of hydrogen-bond donors (Lipinski definition) is 1. The minimum Gasteiger partial charge on any atom is -0.206 e. The maximum absolute atomic E-state index is 13.0. The zero-order chi connectivity index (χ0) is 10.8. The Labute approximate surface area is 102 Å². The standard InChI is InChI=1S/C12H8BrFS/c13-10-7-8(5-6-11(10)14)9-3-1-2-4-12(9)15/h1-7,15H. The molecule has 0 radical (unpaired) electrons. The molecule has 0 amide bonds. The topological polar surface area (TPSA) is 0 Å². The van der Waals surface area contributed by atoms with Crippen LogP contribution in [0.25, 0.3) is 11.1 Å². The summed E-state index contributed by atoms with van der Waals surface area (Å²) in [6.45, 7) is 0. The molecule has 15 heavy (non-hydrogen) atoms. The molecule has 0 aliphatic carbocycles. The molecular weight excluding hydrogens is 275 g/mol. The Bertz CT molecular complexity index is 497. The van der Waals surface area contributed by atoms with Gasteiger partial charge in [-0.3, -0.25) is 0 Å². The molecule has 0 N–H and O–H groups in total. The van der Waals surface area contributed by atoms with E-state index in [1.54, 1.807) is 12.1 Å². The Morgan fingerprint density at radius 2 is 1.80 bits per heavy atom. The van der Waals surface area contributed by atoms with Crippen molar-refractivity contribution < 1.29 is 4.39 Å². The lowest BCUT2D eigenvalue weighted by Crippen LogP contribution is -1.82. The summed E-state index contributed by atoms with van der Waals surface area (Å²) in [5, 5.41) is 0. The first-order chi connectivity index (χ1) is 7.18. The van der Waals surface area contributed by atoms with Crippen molar-refractivity contribution in [2.45, 2.75) is 4.90 Å². The quantitative estimate of drug-likeness (QED) is 0.730. The summed E-state index contributed by atoms with van der Waals surface area (Å²) in [5.74, 6) is -0.254. The average Bonchev–Trinajstić information content (AvgIpc) is 2.23. The van der Waals surface area contributed by atoms with E-state index in [-0.39, 0.29) is 5.82 Å². The summed E-state index contributed by atoms with van der Waals surface area (Å²) in [6.07, 6.45) is 0. The van der Waals surface area contributed by atoms with Gasteiger partial charge in [-0.1, -0.05) is 24.3 Å². The van der Waals surface area contributed by atoms with E-state index < -0.39 is 0 Å². The van der Waals surface area contributed by atoms with Gasteiger partial charge in [-0.25, -0.2) is 4.39 Å². The maximum atomic E-state index is 13.0. The molecule has 0 heterocycles. The fourth-order valence-electron chi connectivity index (χ4n) is 1.38. The Morgan fingerprint density at radius 3 is 2.47 bits per heavy atom. The van der Waals surface area contributed by atoms with Crippen LogP contribution in [-0.4, -0.2) is 0 Å². The van der Waals surface area contributed by atoms with E-state index in [1.165, 1.54) is 6.07 Å². The van der Waals surface area contributed by atoms with Crippen LogP contribution in [0.4, 0.5) is 4.39 Å². The van der Waals surface area contributed by atoms with Gasteiger partial charge in [0.25, 0.3) is 0 Å². The third-order valence-electron chi connectivity index (χ3n) is 2.13. The monoisotopic (exact) mass is 282 g/mol. The molecule has 2 rings (SSSR count). The molecule has 0 aliphatic heterocycles. The molecule has 2 aromatic carbocycles. The van der Waals surface area contributed by atoms with Crippen molar-refractivity contribution in [2.75, 3.05) is 0 Å². The number of thiol groups is 1. The molecule has 0 spiro atoms. The van der Waals surface area contributed by atoms with Crippen molar-refractivity contribution >= 4 is 28.6 Å². The van der Waals surface area contributed by atoms with Gasteiger partial charge in [0, 0.05) is 4.90 Å². The molecule has 0 aliphatic rings. The van der Waals surface area contributed by atoms with Gasteiger partial charge < -0.3 is 0 Å². The van der Waals surface area contributed by atoms with E-state index in [1.807, 2.05) is 24.3 Å². The van der Waals surface area contributed by atoms with Crippen LogP contribution in [0.2, 0.25) is 0 Å². The second-order valence-electron chi connectivity index (χ2n) is 3.15. The van der Waals surface area contributed by atoms with Crippen LogP contribution < -0.4 is 0 Å². The van der Waals surface area contributed by atoms with Gasteiger partial charge in [0.05, 0.1) is 4.47 Å². The summed E-state index contributed by atoms with van der Waals surface area (Å²) in [4.78, 5) is 0.885. The molecule has 0 unspecified atom stereocenters. The summed E-state index contributed by atoms with van der Waals surface area (Å²) in [6, 6.07) is 12.7. The lowest BCUT2D eigenvalue weighted by atomic mass is 10.1. The van der Waals surface area contributed by atoms with Gasteiger partial charge in [0.1, 0.15) is 5.82 Å². The van der Waals surface area contributed by atoms with Crippen LogP contribution in [-0.2, 0) is 0 Å². The largest absolute Gasteiger partial charge is 0.206 e. The van der Waals surface area contributed by atoms with Crippen molar-refractivity contribution in [3.05, 3.63) is 52.8 Å². The van der Waals surface area contributed by atoms with Crippen molar-refractivity contribution in [1.29, 1.82) is 0 Å². The Hall–Kier alpha value is -0.800. The summed E-state index contributed by atoms with van der Waals surface area (Å²) in [7, 11) is 0. The zero-order valence-electron chi connectivity index (χ0n) is 7.74. The van der Waals surface area contributed by atoms with E-state index >= 15 is 0 Å². The first-order valence-electron chi connectivity index (χ1n) is 4.42. The maximum Gasteiger partial charge on any atom is 0.137 e. The fraction of sp³-hybridized carbons (Fsp3) is 0. The summed E-state index contributed by atoms with van der Waals surface area (Å²) < 4.78 is 13.5. The van der Waals surface area contributed by atoms with Crippen LogP contribution in [0.1, 0.15) is 0 Å². The Balaban J connectivity index is 2.55. The Morgan fingerprint density at radius 1 is 1.07 bits per heavy atom. The predicted octanol–water partition coefficient (Wildman–Crippen LogP) is 4.54. The highest BCUT2D eigenvalue weighted by atomic mass is 79.9. The molecule has 0 aromatic heterocycles. The van der Waals surface area contributed by atoms with Crippen molar-refractivity contribution in [2.24, 2.45) is 0 Å². The van der Waals surface area contributed by atoms with E-state index in [0.717, 1.165) is 16.0 Å². The van der Waals surface area contributed by atoms with E-state index in [4.69, 9.17) is 0 Å². The lowest BCUT2D eigenvalue weighted by molar-refractivity contribution is 0.621. The summed E-state index contributed by atoms with van der Waals surface area (Å²) in [5.41, 5.74) is 1.95. The van der Waals surface area contributed by atoms with Crippen LogP contribution in [0, 0.1) is 5.82 Å². The van der Waals surface area contributed by atoms with Gasteiger partial charge in [-0.15, -0.1) is 12.6 Å². The third kappa shape index (κ3) is 2.24. The lowest BCUT2D eigenvalue weighted by Gasteiger charge is -2.05. The minimum atomic E-state index is -0.254. The first-order valence-corrected chi connectivity index (χ1v) is 5.66. The molecular formula is C12H8BrFS. The first kappa shape index (κ1) is 10.7. The van der Waals surface area contributed by atoms with Crippen LogP contribution >= 0.6 is 28.6 Å². The average molecular weight is 283 g/mol. The smallest absolute Gasteiger partial charge is 0.137 e. The molecule has 3 heteroatoms. The third-order valence-corrected chi connectivity index (χ3v) is 3.13. The number of halogens is 2. The highest BCUT2D eigenvalue weighted by Gasteiger charge is 2.04. The summed E-state index contributed by atoms with van der Waals surface area (Å²) >= 11 is 7.53. The number of benzene rings is 2. The number of rotatable bonds is 1. The molecule has 0 saturated heterocycles. The van der Waals surface area contributed by atoms with E-state index in [9.17, 15) is 4.39 Å². The second-order valence-corrected chi connectivity index (χ2v) is 4.48. The van der Waals surface area contributed by atoms with Gasteiger partial charge in [0.15, 0.2) is 0 Å². The highest BCUT2D eigenvalue weighted by Crippen LogP contribution is 2.29. The molecule has 0 saturated carbocycles. The molecule has 0 bridgehead atoms. The van der Waals surface area contributed by atoms with Crippen molar-refractivity contribution in [3.63, 3.8) is 0 Å². The zero-order valence-corrected chi connectivity index (χ0v) is 10.2. The Kier molecular flexibility index (Phi) is 3.12. The van der Waals surface area contributed by atoms with Crippen LogP contribution in [0.5, 0.6) is 0 Å². The van der Waals surface area contributed by atoms with Gasteiger partial charge >= 0.3 is 0 Å². The van der Waals surface area contributed by atoms with Gasteiger partial charge in [0.2, 0.25) is 0 Å². The van der Waals surface area contributed by atoms with E-state index in [2.05, 4.69) is 28.6 Å². The molecule has 76 valence electrons. The molecule has 2 aromatic rings. The van der Waals surface area contributed by atoms with Crippen LogP contribution in [0.15, 0.2) is 51.8 Å². The minimum absolute atomic E-state index is 0.254.